The number of rotatable bonds is 6. The fourth-order valence-corrected chi connectivity index (χ4v) is 2.20. The minimum atomic E-state index is -0.770. The molecular weight excluding hydrogens is 284 g/mol. The highest BCUT2D eigenvalue weighted by Crippen LogP contribution is 2.24. The zero-order valence-electron chi connectivity index (χ0n) is 12.9. The Hall–Kier alpha value is -2.47. The highest BCUT2D eigenvalue weighted by Gasteiger charge is 2.16. The zero-order valence-corrected chi connectivity index (χ0v) is 12.9. The van der Waals surface area contributed by atoms with E-state index in [9.17, 15) is 9.90 Å². The molecule has 1 amide bonds. The lowest BCUT2D eigenvalue weighted by Crippen LogP contribution is -2.29. The van der Waals surface area contributed by atoms with Crippen molar-refractivity contribution in [1.29, 1.82) is 0 Å². The number of hydrogen-bond donors (Lipinski definition) is 2. The number of aliphatic hydroxyl groups excluding tert-OH is 1. The van der Waals surface area contributed by atoms with Crippen molar-refractivity contribution in [2.75, 3.05) is 20.8 Å². The summed E-state index contributed by atoms with van der Waals surface area (Å²) in [6.07, 6.45) is 1.07. The first-order valence-electron chi connectivity index (χ1n) is 6.86. The minimum absolute atomic E-state index is 0.117. The normalized spacial score (nSPS) is 11.8. The van der Waals surface area contributed by atoms with Gasteiger partial charge in [-0.05, 0) is 24.3 Å². The van der Waals surface area contributed by atoms with Crippen molar-refractivity contribution in [3.05, 3.63) is 47.8 Å². The zero-order chi connectivity index (χ0) is 16.1. The number of carbonyl (C=O) groups excluding carboxylic acids is 1. The Morgan fingerprint density at radius 3 is 2.68 bits per heavy atom. The molecule has 0 aliphatic rings. The third kappa shape index (κ3) is 3.40. The Labute approximate surface area is 129 Å². The van der Waals surface area contributed by atoms with Crippen LogP contribution in [0.15, 0.2) is 36.5 Å². The van der Waals surface area contributed by atoms with Crippen molar-refractivity contribution in [2.45, 2.75) is 6.10 Å². The van der Waals surface area contributed by atoms with Crippen molar-refractivity contribution in [3.8, 4) is 11.5 Å². The summed E-state index contributed by atoms with van der Waals surface area (Å²) in [4.78, 5) is 12.2. The smallest absolute Gasteiger partial charge is 0.255 e. The molecule has 1 aromatic heterocycles. The van der Waals surface area contributed by atoms with E-state index in [0.29, 0.717) is 17.1 Å². The van der Waals surface area contributed by atoms with E-state index in [0.717, 1.165) is 5.69 Å². The Kier molecular flexibility index (Phi) is 5.06. The molecule has 0 aliphatic carbocycles. The summed E-state index contributed by atoms with van der Waals surface area (Å²) in [5.41, 5.74) is 1.13. The van der Waals surface area contributed by atoms with Crippen LogP contribution in [0.1, 0.15) is 22.2 Å². The number of ether oxygens (including phenoxy) is 2. The van der Waals surface area contributed by atoms with Crippen LogP contribution in [0.2, 0.25) is 0 Å². The van der Waals surface area contributed by atoms with Crippen LogP contribution in [-0.2, 0) is 7.05 Å². The Morgan fingerprint density at radius 1 is 1.32 bits per heavy atom. The number of aromatic nitrogens is 1. The number of benzene rings is 1. The third-order valence-corrected chi connectivity index (χ3v) is 3.43. The molecule has 118 valence electrons. The summed E-state index contributed by atoms with van der Waals surface area (Å²) in [7, 11) is 4.88. The molecule has 1 unspecified atom stereocenters. The van der Waals surface area contributed by atoms with Crippen LogP contribution in [0, 0.1) is 0 Å². The molecule has 0 fully saturated rings. The minimum Gasteiger partial charge on any atom is -0.497 e. The van der Waals surface area contributed by atoms with E-state index >= 15 is 0 Å². The van der Waals surface area contributed by atoms with E-state index in [1.54, 1.807) is 25.3 Å². The van der Waals surface area contributed by atoms with Crippen molar-refractivity contribution in [3.63, 3.8) is 0 Å². The molecular formula is C16H20N2O4. The molecule has 1 atom stereocenters. The average molecular weight is 304 g/mol. The number of aryl methyl sites for hydroxylation is 1. The first kappa shape index (κ1) is 15.9. The van der Waals surface area contributed by atoms with E-state index < -0.39 is 6.10 Å². The fraction of sp³-hybridized carbons (Fsp3) is 0.312. The Morgan fingerprint density at radius 2 is 2.09 bits per heavy atom. The highest BCUT2D eigenvalue weighted by atomic mass is 16.5. The molecule has 0 bridgehead atoms. The van der Waals surface area contributed by atoms with Crippen LogP contribution in [0.4, 0.5) is 0 Å². The quantitative estimate of drug-likeness (QED) is 0.848. The Balaban J connectivity index is 2.05. The number of nitrogens with zero attached hydrogens (tertiary/aromatic N) is 1. The van der Waals surface area contributed by atoms with Gasteiger partial charge in [0.25, 0.3) is 5.91 Å². The van der Waals surface area contributed by atoms with Gasteiger partial charge in [0.1, 0.15) is 17.6 Å². The van der Waals surface area contributed by atoms with Crippen LogP contribution in [0.3, 0.4) is 0 Å². The van der Waals surface area contributed by atoms with Gasteiger partial charge in [-0.15, -0.1) is 0 Å². The molecule has 0 radical (unpaired) electrons. The second-order valence-electron chi connectivity index (χ2n) is 4.84. The monoisotopic (exact) mass is 304 g/mol. The second kappa shape index (κ2) is 7.00. The number of amides is 1. The average Bonchev–Trinajstić information content (AvgIpc) is 2.97. The van der Waals surface area contributed by atoms with Crippen molar-refractivity contribution in [1.82, 2.24) is 9.88 Å². The summed E-state index contributed by atoms with van der Waals surface area (Å²) in [5.74, 6) is 0.718. The summed E-state index contributed by atoms with van der Waals surface area (Å²) in [5, 5.41) is 12.8. The third-order valence-electron chi connectivity index (χ3n) is 3.43. The maximum Gasteiger partial charge on any atom is 0.255 e. The molecule has 6 heteroatoms. The van der Waals surface area contributed by atoms with Gasteiger partial charge < -0.3 is 24.5 Å². The summed E-state index contributed by atoms with van der Waals surface area (Å²) in [6, 6.07) is 8.60. The molecule has 0 saturated heterocycles. The summed E-state index contributed by atoms with van der Waals surface area (Å²) in [6.45, 7) is 0.117. The molecule has 2 N–H and O–H groups in total. The van der Waals surface area contributed by atoms with Gasteiger partial charge >= 0.3 is 0 Å². The Bertz CT molecular complexity index is 651. The topological polar surface area (TPSA) is 72.7 Å². The molecule has 1 heterocycles. The van der Waals surface area contributed by atoms with Gasteiger partial charge in [0, 0.05) is 31.5 Å². The first-order chi connectivity index (χ1) is 10.6. The fourth-order valence-electron chi connectivity index (χ4n) is 2.20. The molecule has 6 nitrogen and oxygen atoms in total. The second-order valence-corrected chi connectivity index (χ2v) is 4.84. The van der Waals surface area contributed by atoms with Crippen molar-refractivity contribution >= 4 is 5.91 Å². The summed E-state index contributed by atoms with van der Waals surface area (Å²) < 4.78 is 12.1. The van der Waals surface area contributed by atoms with Gasteiger partial charge in [0.05, 0.1) is 19.8 Å². The van der Waals surface area contributed by atoms with E-state index in [2.05, 4.69) is 5.32 Å². The molecule has 0 saturated carbocycles. The molecule has 2 aromatic rings. The van der Waals surface area contributed by atoms with Gasteiger partial charge in [-0.3, -0.25) is 4.79 Å². The van der Waals surface area contributed by atoms with Gasteiger partial charge in [-0.1, -0.05) is 0 Å². The van der Waals surface area contributed by atoms with Gasteiger partial charge in [0.2, 0.25) is 0 Å². The number of aliphatic hydroxyl groups is 1. The molecule has 2 rings (SSSR count). The number of nitrogens with one attached hydrogen (secondary N) is 1. The van der Waals surface area contributed by atoms with E-state index in [1.165, 1.54) is 7.11 Å². The molecule has 0 spiro atoms. The maximum atomic E-state index is 12.2. The molecule has 22 heavy (non-hydrogen) atoms. The maximum absolute atomic E-state index is 12.2. The predicted octanol–water partition coefficient (Wildman–Crippen LogP) is 1.51. The first-order valence-corrected chi connectivity index (χ1v) is 6.86. The molecule has 0 aliphatic heterocycles. The van der Waals surface area contributed by atoms with E-state index in [1.807, 2.05) is 29.9 Å². The summed E-state index contributed by atoms with van der Waals surface area (Å²) >= 11 is 0. The predicted molar refractivity (Wildman–Crippen MR) is 82.3 cm³/mol. The number of hydrogen-bond acceptors (Lipinski definition) is 4. The highest BCUT2D eigenvalue weighted by molar-refractivity contribution is 5.97. The van der Waals surface area contributed by atoms with E-state index in [-0.39, 0.29) is 12.5 Å². The van der Waals surface area contributed by atoms with Crippen LogP contribution in [0.25, 0.3) is 0 Å². The van der Waals surface area contributed by atoms with Crippen LogP contribution >= 0.6 is 0 Å². The molecule has 1 aromatic carbocycles. The van der Waals surface area contributed by atoms with Crippen molar-refractivity contribution in [2.24, 2.45) is 7.05 Å². The van der Waals surface area contributed by atoms with Crippen LogP contribution in [-0.4, -0.2) is 36.3 Å². The largest absolute Gasteiger partial charge is 0.497 e. The van der Waals surface area contributed by atoms with Gasteiger partial charge in [-0.2, -0.15) is 0 Å². The van der Waals surface area contributed by atoms with E-state index in [4.69, 9.17) is 9.47 Å². The lowest BCUT2D eigenvalue weighted by Gasteiger charge is -2.14. The number of carbonyl (C=O) groups is 1. The van der Waals surface area contributed by atoms with Crippen molar-refractivity contribution < 1.29 is 19.4 Å². The van der Waals surface area contributed by atoms with Gasteiger partial charge in [0.15, 0.2) is 0 Å². The standard InChI is InChI=1S/C16H20N2O4/c1-18-8-4-5-13(18)14(19)10-17-16(20)12-7-6-11(21-2)9-15(12)22-3/h4-9,14,19H,10H2,1-3H3,(H,17,20). The lowest BCUT2D eigenvalue weighted by molar-refractivity contribution is 0.0909. The SMILES string of the molecule is COc1ccc(C(=O)NCC(O)c2cccn2C)c(OC)c1. The van der Waals surface area contributed by atoms with Gasteiger partial charge in [-0.25, -0.2) is 0 Å². The van der Waals surface area contributed by atoms with Crippen LogP contribution < -0.4 is 14.8 Å². The lowest BCUT2D eigenvalue weighted by atomic mass is 10.1. The number of methoxy groups -OCH3 is 2. The van der Waals surface area contributed by atoms with Crippen LogP contribution in [0.5, 0.6) is 11.5 Å².